The van der Waals surface area contributed by atoms with Crippen LogP contribution in [0, 0.1) is 6.92 Å². The Morgan fingerprint density at radius 1 is 1.10 bits per heavy atom. The molecule has 0 saturated carbocycles. The van der Waals surface area contributed by atoms with Gasteiger partial charge in [0.2, 0.25) is 0 Å². The van der Waals surface area contributed by atoms with Gasteiger partial charge in [-0.3, -0.25) is 0 Å². The zero-order chi connectivity index (χ0) is 14.7. The van der Waals surface area contributed by atoms with Gasteiger partial charge in [0.25, 0.3) is 0 Å². The van der Waals surface area contributed by atoms with Gasteiger partial charge in [-0.2, -0.15) is 0 Å². The van der Waals surface area contributed by atoms with Crippen molar-refractivity contribution < 1.29 is 4.74 Å². The molecule has 1 unspecified atom stereocenters. The van der Waals surface area contributed by atoms with E-state index in [1.165, 1.54) is 22.3 Å². The first-order valence-corrected chi connectivity index (χ1v) is 7.84. The first-order valence-electron chi connectivity index (χ1n) is 7.84. The molecular weight excluding hydrogens is 258 g/mol. The summed E-state index contributed by atoms with van der Waals surface area (Å²) in [5.41, 5.74) is 5.27. The second-order valence-electron chi connectivity index (χ2n) is 5.68. The fourth-order valence-electron chi connectivity index (χ4n) is 3.05. The lowest BCUT2D eigenvalue weighted by Gasteiger charge is -2.23. The number of hydrogen-bond acceptors (Lipinski definition) is 2. The van der Waals surface area contributed by atoms with E-state index in [-0.39, 0.29) is 6.04 Å². The lowest BCUT2D eigenvalue weighted by atomic mass is 9.93. The molecule has 1 aliphatic heterocycles. The number of nitrogens with one attached hydrogen (secondary N) is 1. The zero-order valence-corrected chi connectivity index (χ0v) is 12.9. The van der Waals surface area contributed by atoms with E-state index in [9.17, 15) is 0 Å². The van der Waals surface area contributed by atoms with E-state index < -0.39 is 0 Å². The normalized spacial score (nSPS) is 14.6. The molecule has 0 radical (unpaired) electrons. The van der Waals surface area contributed by atoms with Crippen LogP contribution in [0.1, 0.15) is 41.6 Å². The highest BCUT2D eigenvalue weighted by Crippen LogP contribution is 2.36. The van der Waals surface area contributed by atoms with Crippen LogP contribution >= 0.6 is 0 Å². The van der Waals surface area contributed by atoms with Crippen LogP contribution in [0.5, 0.6) is 5.75 Å². The first-order chi connectivity index (χ1) is 10.3. The second kappa shape index (κ2) is 6.31. The molecule has 0 bridgehead atoms. The van der Waals surface area contributed by atoms with Gasteiger partial charge in [-0.05, 0) is 36.6 Å². The third-order valence-electron chi connectivity index (χ3n) is 4.15. The molecule has 1 N–H and O–H groups in total. The quantitative estimate of drug-likeness (QED) is 0.893. The Morgan fingerprint density at radius 2 is 1.90 bits per heavy atom. The van der Waals surface area contributed by atoms with E-state index >= 15 is 0 Å². The number of hydrogen-bond donors (Lipinski definition) is 1. The standard InChI is InChI=1S/C19H23NO/c1-3-12-20-18(16-9-5-4-7-14(16)2)17-10-6-8-15-11-13-21-19(15)17/h4-10,18,20H,3,11-13H2,1-2H3. The van der Waals surface area contributed by atoms with Crippen molar-refractivity contribution in [2.24, 2.45) is 0 Å². The van der Waals surface area contributed by atoms with Crippen molar-refractivity contribution in [1.82, 2.24) is 5.32 Å². The van der Waals surface area contributed by atoms with Crippen molar-refractivity contribution in [2.45, 2.75) is 32.7 Å². The highest BCUT2D eigenvalue weighted by atomic mass is 16.5. The van der Waals surface area contributed by atoms with Crippen molar-refractivity contribution in [2.75, 3.05) is 13.2 Å². The second-order valence-corrected chi connectivity index (χ2v) is 5.68. The summed E-state index contributed by atoms with van der Waals surface area (Å²) in [6, 6.07) is 15.4. The fraction of sp³-hybridized carbons (Fsp3) is 0.368. The maximum absolute atomic E-state index is 5.91. The molecule has 2 aromatic carbocycles. The Hall–Kier alpha value is -1.80. The third kappa shape index (κ3) is 2.81. The van der Waals surface area contributed by atoms with Crippen molar-refractivity contribution in [3.05, 3.63) is 64.7 Å². The zero-order valence-electron chi connectivity index (χ0n) is 12.9. The predicted octanol–water partition coefficient (Wildman–Crippen LogP) is 4.02. The molecule has 0 aliphatic carbocycles. The summed E-state index contributed by atoms with van der Waals surface area (Å²) in [5, 5.41) is 3.69. The van der Waals surface area contributed by atoms with Gasteiger partial charge in [0.05, 0.1) is 12.6 Å². The molecule has 1 aliphatic rings. The SMILES string of the molecule is CCCNC(c1ccccc1C)c1cccc2c1OCC2. The first kappa shape index (κ1) is 14.2. The van der Waals surface area contributed by atoms with Gasteiger partial charge in [0.1, 0.15) is 5.75 Å². The van der Waals surface area contributed by atoms with Crippen LogP contribution in [-0.4, -0.2) is 13.2 Å². The third-order valence-corrected chi connectivity index (χ3v) is 4.15. The van der Waals surface area contributed by atoms with Crippen LogP contribution in [0.15, 0.2) is 42.5 Å². The van der Waals surface area contributed by atoms with Crippen molar-refractivity contribution >= 4 is 0 Å². The number of ether oxygens (including phenoxy) is 1. The van der Waals surface area contributed by atoms with Gasteiger partial charge in [-0.25, -0.2) is 0 Å². The smallest absolute Gasteiger partial charge is 0.127 e. The Bertz CT molecular complexity index is 621. The molecule has 2 nitrogen and oxygen atoms in total. The highest BCUT2D eigenvalue weighted by Gasteiger charge is 2.23. The van der Waals surface area contributed by atoms with E-state index in [1.807, 2.05) is 0 Å². The molecule has 0 fully saturated rings. The summed E-state index contributed by atoms with van der Waals surface area (Å²) < 4.78 is 5.91. The van der Waals surface area contributed by atoms with Gasteiger partial charge < -0.3 is 10.1 Å². The van der Waals surface area contributed by atoms with E-state index in [0.29, 0.717) is 0 Å². The van der Waals surface area contributed by atoms with Crippen LogP contribution in [0.2, 0.25) is 0 Å². The minimum Gasteiger partial charge on any atom is -0.493 e. The molecule has 0 amide bonds. The molecule has 1 atom stereocenters. The van der Waals surface area contributed by atoms with E-state index in [2.05, 4.69) is 61.6 Å². The summed E-state index contributed by atoms with van der Waals surface area (Å²) in [5.74, 6) is 1.09. The van der Waals surface area contributed by atoms with Gasteiger partial charge >= 0.3 is 0 Å². The van der Waals surface area contributed by atoms with Gasteiger partial charge in [0.15, 0.2) is 0 Å². The summed E-state index contributed by atoms with van der Waals surface area (Å²) in [4.78, 5) is 0. The van der Waals surface area contributed by atoms with E-state index in [4.69, 9.17) is 4.74 Å². The topological polar surface area (TPSA) is 21.3 Å². The maximum atomic E-state index is 5.91. The number of benzene rings is 2. The summed E-state index contributed by atoms with van der Waals surface area (Å²) in [6.45, 7) is 6.19. The number of para-hydroxylation sites is 1. The van der Waals surface area contributed by atoms with Crippen LogP contribution in [0.25, 0.3) is 0 Å². The molecule has 2 heteroatoms. The minimum absolute atomic E-state index is 0.208. The monoisotopic (exact) mass is 281 g/mol. The molecule has 3 rings (SSSR count). The molecular formula is C19H23NO. The number of aryl methyl sites for hydroxylation is 1. The number of rotatable bonds is 5. The van der Waals surface area contributed by atoms with Crippen molar-refractivity contribution in [1.29, 1.82) is 0 Å². The molecule has 21 heavy (non-hydrogen) atoms. The maximum Gasteiger partial charge on any atom is 0.127 e. The molecule has 110 valence electrons. The van der Waals surface area contributed by atoms with Gasteiger partial charge in [0, 0.05) is 12.0 Å². The van der Waals surface area contributed by atoms with Gasteiger partial charge in [-0.15, -0.1) is 0 Å². The molecule has 0 saturated heterocycles. The summed E-state index contributed by atoms with van der Waals surface area (Å²) >= 11 is 0. The Kier molecular flexibility index (Phi) is 4.26. The predicted molar refractivity (Wildman–Crippen MR) is 87.0 cm³/mol. The van der Waals surface area contributed by atoms with Crippen LogP contribution in [0.3, 0.4) is 0 Å². The van der Waals surface area contributed by atoms with Crippen LogP contribution in [0.4, 0.5) is 0 Å². The average molecular weight is 281 g/mol. The Labute approximate surface area is 127 Å². The lowest BCUT2D eigenvalue weighted by molar-refractivity contribution is 0.350. The van der Waals surface area contributed by atoms with Gasteiger partial charge in [-0.1, -0.05) is 49.4 Å². The molecule has 2 aromatic rings. The largest absolute Gasteiger partial charge is 0.493 e. The summed E-state index contributed by atoms with van der Waals surface area (Å²) in [6.07, 6.45) is 2.15. The average Bonchev–Trinajstić information content (AvgIpc) is 2.98. The Morgan fingerprint density at radius 3 is 2.71 bits per heavy atom. The lowest BCUT2D eigenvalue weighted by Crippen LogP contribution is -2.24. The molecule has 1 heterocycles. The molecule has 0 spiro atoms. The number of fused-ring (bicyclic) bond motifs is 1. The Balaban J connectivity index is 2.04. The van der Waals surface area contributed by atoms with E-state index in [1.54, 1.807) is 0 Å². The fourth-order valence-corrected chi connectivity index (χ4v) is 3.05. The van der Waals surface area contributed by atoms with Crippen molar-refractivity contribution in [3.63, 3.8) is 0 Å². The highest BCUT2D eigenvalue weighted by molar-refractivity contribution is 5.49. The van der Waals surface area contributed by atoms with Crippen LogP contribution in [-0.2, 0) is 6.42 Å². The molecule has 0 aromatic heterocycles. The van der Waals surface area contributed by atoms with E-state index in [0.717, 1.165) is 31.7 Å². The van der Waals surface area contributed by atoms with Crippen molar-refractivity contribution in [3.8, 4) is 5.75 Å². The van der Waals surface area contributed by atoms with Crippen LogP contribution < -0.4 is 10.1 Å². The minimum atomic E-state index is 0.208. The summed E-state index contributed by atoms with van der Waals surface area (Å²) in [7, 11) is 0.